The van der Waals surface area contributed by atoms with E-state index in [-0.39, 0.29) is 0 Å². The van der Waals surface area contributed by atoms with Crippen molar-refractivity contribution in [3.8, 4) is 0 Å². The summed E-state index contributed by atoms with van der Waals surface area (Å²) in [6.07, 6.45) is 4.73. The minimum absolute atomic E-state index is 0.401. The molecule has 0 amide bonds. The van der Waals surface area contributed by atoms with Crippen LogP contribution in [0.3, 0.4) is 0 Å². The van der Waals surface area contributed by atoms with E-state index in [2.05, 4.69) is 43.0 Å². The molecule has 114 valence electrons. The lowest BCUT2D eigenvalue weighted by molar-refractivity contribution is -0.150. The maximum Gasteiger partial charge on any atom is 0.311 e. The molecule has 1 fully saturated rings. The smallest absolute Gasteiger partial charge is 0.311 e. The molecule has 21 heavy (non-hydrogen) atoms. The van der Waals surface area contributed by atoms with Crippen LogP contribution in [0.1, 0.15) is 45.1 Å². The number of fused-ring (bicyclic) bond motifs is 1. The van der Waals surface area contributed by atoms with Crippen LogP contribution in [0.15, 0.2) is 24.3 Å². The van der Waals surface area contributed by atoms with E-state index in [0.29, 0.717) is 18.5 Å². The number of para-hydroxylation sites is 1. The Morgan fingerprint density at radius 1 is 1.29 bits per heavy atom. The van der Waals surface area contributed by atoms with E-state index in [4.69, 9.17) is 0 Å². The van der Waals surface area contributed by atoms with Crippen LogP contribution < -0.4 is 4.90 Å². The van der Waals surface area contributed by atoms with Gasteiger partial charge in [-0.2, -0.15) is 0 Å². The van der Waals surface area contributed by atoms with Crippen molar-refractivity contribution in [2.24, 2.45) is 11.3 Å². The predicted octanol–water partition coefficient (Wildman–Crippen LogP) is 3.72. The molecule has 0 radical (unpaired) electrons. The van der Waals surface area contributed by atoms with Crippen LogP contribution in [0.4, 0.5) is 5.69 Å². The van der Waals surface area contributed by atoms with Crippen LogP contribution in [0.2, 0.25) is 0 Å². The number of rotatable bonds is 3. The van der Waals surface area contributed by atoms with Crippen LogP contribution in [0.25, 0.3) is 0 Å². The van der Waals surface area contributed by atoms with Crippen LogP contribution in [0.5, 0.6) is 0 Å². The normalized spacial score (nSPS) is 32.0. The Morgan fingerprint density at radius 2 is 1.95 bits per heavy atom. The van der Waals surface area contributed by atoms with Gasteiger partial charge in [-0.3, -0.25) is 4.79 Å². The summed E-state index contributed by atoms with van der Waals surface area (Å²) >= 11 is 0. The summed E-state index contributed by atoms with van der Waals surface area (Å²) in [5.41, 5.74) is 2.04. The summed E-state index contributed by atoms with van der Waals surface area (Å²) in [6.45, 7) is 5.10. The average molecular weight is 287 g/mol. The predicted molar refractivity (Wildman–Crippen MR) is 84.7 cm³/mol. The van der Waals surface area contributed by atoms with Crippen molar-refractivity contribution in [3.05, 3.63) is 29.8 Å². The van der Waals surface area contributed by atoms with Gasteiger partial charge in [-0.15, -0.1) is 0 Å². The zero-order valence-electron chi connectivity index (χ0n) is 13.0. The first-order chi connectivity index (χ1) is 10.0. The molecular weight excluding hydrogens is 262 g/mol. The number of benzene rings is 1. The Labute approximate surface area is 127 Å². The molecule has 1 aromatic carbocycles. The summed E-state index contributed by atoms with van der Waals surface area (Å²) in [5, 5.41) is 9.84. The van der Waals surface area contributed by atoms with Gasteiger partial charge in [0.1, 0.15) is 0 Å². The highest BCUT2D eigenvalue weighted by molar-refractivity contribution is 5.76. The average Bonchev–Trinajstić information content (AvgIpc) is 2.77. The molecular formula is C18H25NO2. The summed E-state index contributed by atoms with van der Waals surface area (Å²) in [6, 6.07) is 8.84. The molecule has 1 aliphatic heterocycles. The second-order valence-electron chi connectivity index (χ2n) is 7.08. The van der Waals surface area contributed by atoms with Gasteiger partial charge in [0.05, 0.1) is 5.41 Å². The van der Waals surface area contributed by atoms with Crippen molar-refractivity contribution in [3.63, 3.8) is 0 Å². The third-order valence-electron chi connectivity index (χ3n) is 5.51. The second kappa shape index (κ2) is 5.36. The summed E-state index contributed by atoms with van der Waals surface area (Å²) in [4.78, 5) is 14.3. The standard InChI is InChI=1S/C18H25NO2/c1-13-7-9-18(10-8-13,17(20)21)12-19-14(2)11-15-5-3-4-6-16(15)19/h3-6,13-14H,7-12H2,1-2H3,(H,20,21). The van der Waals surface area contributed by atoms with E-state index < -0.39 is 11.4 Å². The summed E-state index contributed by atoms with van der Waals surface area (Å²) in [7, 11) is 0. The third-order valence-corrected chi connectivity index (χ3v) is 5.51. The fourth-order valence-corrected chi connectivity index (χ4v) is 3.95. The van der Waals surface area contributed by atoms with Crippen LogP contribution in [-0.2, 0) is 11.2 Å². The van der Waals surface area contributed by atoms with Crippen LogP contribution >= 0.6 is 0 Å². The molecule has 0 aromatic heterocycles. The maximum atomic E-state index is 12.0. The van der Waals surface area contributed by atoms with Gasteiger partial charge >= 0.3 is 5.97 Å². The maximum absolute atomic E-state index is 12.0. The van der Waals surface area contributed by atoms with Crippen molar-refractivity contribution in [2.45, 2.75) is 52.0 Å². The monoisotopic (exact) mass is 287 g/mol. The van der Waals surface area contributed by atoms with Gasteiger partial charge in [0.2, 0.25) is 0 Å². The second-order valence-corrected chi connectivity index (χ2v) is 7.08. The Bertz CT molecular complexity index is 532. The number of hydrogen-bond acceptors (Lipinski definition) is 2. The molecule has 0 bridgehead atoms. The van der Waals surface area contributed by atoms with Crippen LogP contribution in [-0.4, -0.2) is 23.7 Å². The lowest BCUT2D eigenvalue weighted by atomic mass is 9.70. The highest BCUT2D eigenvalue weighted by Crippen LogP contribution is 2.43. The number of carbonyl (C=O) groups is 1. The number of carboxylic acid groups (broad SMARTS) is 1. The van der Waals surface area contributed by atoms with Gasteiger partial charge in [0.25, 0.3) is 0 Å². The molecule has 3 rings (SSSR count). The fourth-order valence-electron chi connectivity index (χ4n) is 3.95. The minimum Gasteiger partial charge on any atom is -0.481 e. The van der Waals surface area contributed by atoms with E-state index in [0.717, 1.165) is 32.1 Å². The summed E-state index contributed by atoms with van der Waals surface area (Å²) in [5.74, 6) is 0.0618. The van der Waals surface area contributed by atoms with Gasteiger partial charge in [-0.25, -0.2) is 0 Å². The lowest BCUT2D eigenvalue weighted by Crippen LogP contribution is -2.47. The topological polar surface area (TPSA) is 40.5 Å². The number of hydrogen-bond donors (Lipinski definition) is 1. The number of carboxylic acids is 1. The van der Waals surface area contributed by atoms with Gasteiger partial charge in [0, 0.05) is 18.3 Å². The van der Waals surface area contributed by atoms with Crippen molar-refractivity contribution in [1.29, 1.82) is 0 Å². The van der Waals surface area contributed by atoms with Crippen molar-refractivity contribution in [2.75, 3.05) is 11.4 Å². The molecule has 3 nitrogen and oxygen atoms in total. The Kier molecular flexibility index (Phi) is 3.68. The fraction of sp³-hybridized carbons (Fsp3) is 0.611. The molecule has 2 aliphatic rings. The van der Waals surface area contributed by atoms with Crippen LogP contribution in [0, 0.1) is 11.3 Å². The SMILES string of the molecule is CC1CCC(CN2c3ccccc3CC2C)(C(=O)O)CC1. The van der Waals surface area contributed by atoms with Crippen molar-refractivity contribution >= 4 is 11.7 Å². The first-order valence-corrected chi connectivity index (χ1v) is 8.10. The zero-order valence-corrected chi connectivity index (χ0v) is 13.0. The first-order valence-electron chi connectivity index (χ1n) is 8.10. The molecule has 1 saturated carbocycles. The molecule has 1 unspecified atom stereocenters. The lowest BCUT2D eigenvalue weighted by Gasteiger charge is -2.40. The first kappa shape index (κ1) is 14.4. The molecule has 1 aromatic rings. The molecule has 1 atom stereocenters. The van der Waals surface area contributed by atoms with Gasteiger partial charge in [0.15, 0.2) is 0 Å². The molecule has 0 spiro atoms. The van der Waals surface area contributed by atoms with Crippen molar-refractivity contribution < 1.29 is 9.90 Å². The van der Waals surface area contributed by atoms with Gasteiger partial charge < -0.3 is 10.0 Å². The highest BCUT2D eigenvalue weighted by atomic mass is 16.4. The molecule has 1 N–H and O–H groups in total. The minimum atomic E-state index is -0.606. The molecule has 0 saturated heterocycles. The van der Waals surface area contributed by atoms with E-state index in [1.54, 1.807) is 0 Å². The quantitative estimate of drug-likeness (QED) is 0.921. The molecule has 3 heteroatoms. The highest BCUT2D eigenvalue weighted by Gasteiger charge is 2.44. The Balaban J connectivity index is 1.85. The molecule has 1 aliphatic carbocycles. The van der Waals surface area contributed by atoms with Crippen molar-refractivity contribution in [1.82, 2.24) is 0 Å². The molecule has 1 heterocycles. The van der Waals surface area contributed by atoms with E-state index in [9.17, 15) is 9.90 Å². The van der Waals surface area contributed by atoms with Gasteiger partial charge in [-0.05, 0) is 56.6 Å². The summed E-state index contributed by atoms with van der Waals surface area (Å²) < 4.78 is 0. The third kappa shape index (κ3) is 2.54. The van der Waals surface area contributed by atoms with E-state index in [1.807, 2.05) is 0 Å². The Hall–Kier alpha value is -1.51. The number of anilines is 1. The zero-order chi connectivity index (χ0) is 15.0. The van der Waals surface area contributed by atoms with E-state index in [1.165, 1.54) is 11.3 Å². The number of aliphatic carboxylic acids is 1. The largest absolute Gasteiger partial charge is 0.481 e. The Morgan fingerprint density at radius 3 is 2.62 bits per heavy atom. The number of nitrogens with zero attached hydrogens (tertiary/aromatic N) is 1. The van der Waals surface area contributed by atoms with Gasteiger partial charge in [-0.1, -0.05) is 25.1 Å². The van der Waals surface area contributed by atoms with E-state index >= 15 is 0 Å².